The average Bonchev–Trinajstić information content (AvgIpc) is 2.66. The number of carbonyl (C=O) groups is 1. The number of hydrogen-bond donors (Lipinski definition) is 1. The van der Waals surface area contributed by atoms with Crippen LogP contribution in [0.15, 0.2) is 24.3 Å². The highest BCUT2D eigenvalue weighted by molar-refractivity contribution is 6.35. The largest absolute Gasteiger partial charge is 0.349 e. The fourth-order valence-corrected chi connectivity index (χ4v) is 2.51. The Kier molecular flexibility index (Phi) is 1.98. The van der Waals surface area contributed by atoms with Crippen molar-refractivity contribution in [1.29, 1.82) is 0 Å². The lowest BCUT2D eigenvalue weighted by Gasteiger charge is -2.23. The summed E-state index contributed by atoms with van der Waals surface area (Å²) < 4.78 is 2.06. The molecule has 1 N–H and O–H groups in total. The van der Waals surface area contributed by atoms with E-state index in [0.29, 0.717) is 17.3 Å². The monoisotopic (exact) mass is 234 g/mol. The molecule has 3 rings (SSSR count). The minimum Gasteiger partial charge on any atom is -0.349 e. The first-order chi connectivity index (χ1) is 7.68. The minimum absolute atomic E-state index is 0.0228. The number of aromatic nitrogens is 1. The normalized spacial score (nSPS) is 19.6. The van der Waals surface area contributed by atoms with Crippen molar-refractivity contribution < 1.29 is 4.79 Å². The summed E-state index contributed by atoms with van der Waals surface area (Å²) in [6.07, 6.45) is 0. The van der Waals surface area contributed by atoms with Gasteiger partial charge in [-0.1, -0.05) is 17.7 Å². The number of rotatable bonds is 0. The number of carbonyl (C=O) groups excluding carboxylic acids is 1. The molecule has 0 aliphatic carbocycles. The summed E-state index contributed by atoms with van der Waals surface area (Å²) in [6.45, 7) is 2.76. The van der Waals surface area contributed by atoms with Crippen molar-refractivity contribution in [2.24, 2.45) is 0 Å². The van der Waals surface area contributed by atoms with Crippen LogP contribution in [0, 0.1) is 0 Å². The Morgan fingerprint density at radius 2 is 2.31 bits per heavy atom. The van der Waals surface area contributed by atoms with E-state index in [4.69, 9.17) is 11.6 Å². The van der Waals surface area contributed by atoms with Crippen molar-refractivity contribution >= 4 is 28.4 Å². The van der Waals surface area contributed by atoms with Gasteiger partial charge in [-0.25, -0.2) is 0 Å². The number of nitrogens with one attached hydrogen (secondary N) is 1. The maximum atomic E-state index is 11.7. The summed E-state index contributed by atoms with van der Waals surface area (Å²) in [4.78, 5) is 11.7. The molecule has 0 spiro atoms. The van der Waals surface area contributed by atoms with Crippen LogP contribution in [0.2, 0.25) is 5.02 Å². The van der Waals surface area contributed by atoms with Crippen LogP contribution < -0.4 is 5.32 Å². The van der Waals surface area contributed by atoms with Gasteiger partial charge in [-0.3, -0.25) is 4.79 Å². The van der Waals surface area contributed by atoms with E-state index < -0.39 is 0 Å². The summed E-state index contributed by atoms with van der Waals surface area (Å²) in [6, 6.07) is 7.89. The molecule has 1 amide bonds. The molecule has 0 saturated heterocycles. The topological polar surface area (TPSA) is 34.0 Å². The van der Waals surface area contributed by atoms with E-state index in [9.17, 15) is 4.79 Å². The molecule has 2 heterocycles. The molecule has 1 aliphatic rings. The molecule has 0 radical (unpaired) electrons. The number of hydrogen-bond acceptors (Lipinski definition) is 1. The van der Waals surface area contributed by atoms with Crippen molar-refractivity contribution in [2.45, 2.75) is 13.0 Å². The molecule has 0 bridgehead atoms. The van der Waals surface area contributed by atoms with Gasteiger partial charge in [0.25, 0.3) is 5.91 Å². The Morgan fingerprint density at radius 1 is 1.50 bits per heavy atom. The molecule has 1 atom stereocenters. The van der Waals surface area contributed by atoms with E-state index in [1.54, 1.807) is 0 Å². The van der Waals surface area contributed by atoms with Crippen LogP contribution in [0.4, 0.5) is 0 Å². The van der Waals surface area contributed by atoms with Gasteiger partial charge in [0.15, 0.2) is 0 Å². The van der Waals surface area contributed by atoms with Gasteiger partial charge >= 0.3 is 0 Å². The van der Waals surface area contributed by atoms with Crippen LogP contribution >= 0.6 is 11.6 Å². The Bertz CT molecular complexity index is 588. The predicted molar refractivity (Wildman–Crippen MR) is 64.0 cm³/mol. The van der Waals surface area contributed by atoms with Gasteiger partial charge in [0.2, 0.25) is 0 Å². The first-order valence-electron chi connectivity index (χ1n) is 5.26. The Balaban J connectivity index is 2.41. The first-order valence-corrected chi connectivity index (χ1v) is 5.64. The number of fused-ring (bicyclic) bond motifs is 3. The predicted octanol–water partition coefficient (Wildman–Crippen LogP) is 2.60. The fourth-order valence-electron chi connectivity index (χ4n) is 2.29. The summed E-state index contributed by atoms with van der Waals surface area (Å²) in [5.41, 5.74) is 1.73. The van der Waals surface area contributed by atoms with Gasteiger partial charge in [0, 0.05) is 23.0 Å². The second kappa shape index (κ2) is 3.25. The molecule has 1 aromatic heterocycles. The highest BCUT2D eigenvalue weighted by Gasteiger charge is 2.24. The van der Waals surface area contributed by atoms with Crippen molar-refractivity contribution in [3.63, 3.8) is 0 Å². The van der Waals surface area contributed by atoms with Gasteiger partial charge in [-0.15, -0.1) is 0 Å². The second-order valence-electron chi connectivity index (χ2n) is 4.13. The zero-order valence-corrected chi connectivity index (χ0v) is 9.58. The van der Waals surface area contributed by atoms with Crippen LogP contribution in [-0.2, 0) is 0 Å². The summed E-state index contributed by atoms with van der Waals surface area (Å²) in [5.74, 6) is -0.0228. The smallest absolute Gasteiger partial charge is 0.268 e. The molecule has 3 nitrogen and oxygen atoms in total. The van der Waals surface area contributed by atoms with Crippen molar-refractivity contribution in [3.8, 4) is 0 Å². The molecular formula is C12H11ClN2O. The van der Waals surface area contributed by atoms with Crippen LogP contribution in [0.3, 0.4) is 0 Å². The molecule has 1 aliphatic heterocycles. The molecule has 0 saturated carbocycles. The van der Waals surface area contributed by atoms with Crippen LogP contribution in [0.25, 0.3) is 10.9 Å². The van der Waals surface area contributed by atoms with E-state index in [-0.39, 0.29) is 11.9 Å². The summed E-state index contributed by atoms with van der Waals surface area (Å²) in [7, 11) is 0. The number of nitrogens with zero attached hydrogens (tertiary/aromatic N) is 1. The molecular weight excluding hydrogens is 224 g/mol. The Morgan fingerprint density at radius 3 is 3.12 bits per heavy atom. The van der Waals surface area contributed by atoms with Gasteiger partial charge in [0.1, 0.15) is 5.69 Å². The van der Waals surface area contributed by atoms with E-state index in [1.165, 1.54) is 0 Å². The van der Waals surface area contributed by atoms with Gasteiger partial charge in [-0.05, 0) is 25.1 Å². The number of amides is 1. The second-order valence-corrected chi connectivity index (χ2v) is 4.54. The lowest BCUT2D eigenvalue weighted by Crippen LogP contribution is -2.37. The standard InChI is InChI=1S/C12H11ClN2O/c1-7-6-14-12(16)11-5-8-9(13)3-2-4-10(8)15(7)11/h2-5,7H,6H2,1H3,(H,14,16). The maximum Gasteiger partial charge on any atom is 0.268 e. The molecule has 1 aromatic carbocycles. The van der Waals surface area contributed by atoms with Gasteiger partial charge in [0.05, 0.1) is 5.52 Å². The fraction of sp³-hybridized carbons (Fsp3) is 0.250. The third kappa shape index (κ3) is 1.18. The highest BCUT2D eigenvalue weighted by Crippen LogP contribution is 2.30. The van der Waals surface area contributed by atoms with Gasteiger partial charge < -0.3 is 9.88 Å². The first kappa shape index (κ1) is 9.73. The zero-order chi connectivity index (χ0) is 11.3. The Hall–Kier alpha value is -1.48. The van der Waals surface area contributed by atoms with Crippen molar-refractivity contribution in [2.75, 3.05) is 6.54 Å². The number of halogens is 1. The molecule has 4 heteroatoms. The van der Waals surface area contributed by atoms with Crippen LogP contribution in [0.5, 0.6) is 0 Å². The quantitative estimate of drug-likeness (QED) is 0.747. The highest BCUT2D eigenvalue weighted by atomic mass is 35.5. The van der Waals surface area contributed by atoms with E-state index >= 15 is 0 Å². The maximum absolute atomic E-state index is 11.7. The lowest BCUT2D eigenvalue weighted by atomic mass is 10.2. The molecule has 1 unspecified atom stereocenters. The third-order valence-corrected chi connectivity index (χ3v) is 3.39. The third-order valence-electron chi connectivity index (χ3n) is 3.06. The van der Waals surface area contributed by atoms with Gasteiger partial charge in [-0.2, -0.15) is 0 Å². The minimum atomic E-state index is -0.0228. The molecule has 2 aromatic rings. The Labute approximate surface area is 98.0 Å². The zero-order valence-electron chi connectivity index (χ0n) is 8.83. The van der Waals surface area contributed by atoms with Crippen molar-refractivity contribution in [1.82, 2.24) is 9.88 Å². The van der Waals surface area contributed by atoms with E-state index in [1.807, 2.05) is 24.3 Å². The number of benzene rings is 1. The SMILES string of the molecule is CC1CNC(=O)c2cc3c(Cl)cccc3n21. The van der Waals surface area contributed by atoms with E-state index in [0.717, 1.165) is 10.9 Å². The molecule has 0 fully saturated rings. The van der Waals surface area contributed by atoms with Crippen molar-refractivity contribution in [3.05, 3.63) is 35.0 Å². The van der Waals surface area contributed by atoms with Crippen LogP contribution in [0.1, 0.15) is 23.5 Å². The summed E-state index contributed by atoms with van der Waals surface area (Å²) >= 11 is 6.13. The molecule has 16 heavy (non-hydrogen) atoms. The van der Waals surface area contributed by atoms with Crippen LogP contribution in [-0.4, -0.2) is 17.0 Å². The molecule has 82 valence electrons. The van der Waals surface area contributed by atoms with E-state index in [2.05, 4.69) is 16.8 Å². The lowest BCUT2D eigenvalue weighted by molar-refractivity contribution is 0.0919. The average molecular weight is 235 g/mol. The summed E-state index contributed by atoms with van der Waals surface area (Å²) in [5, 5.41) is 4.51.